The molecule has 1 aliphatic rings. The predicted octanol–water partition coefficient (Wildman–Crippen LogP) is 5.89. The first-order chi connectivity index (χ1) is 10.0. The van der Waals surface area contributed by atoms with Crippen molar-refractivity contribution in [1.29, 1.82) is 0 Å². The Morgan fingerprint density at radius 1 is 0.952 bits per heavy atom. The number of fused-ring (bicyclic) bond motifs is 1. The summed E-state index contributed by atoms with van der Waals surface area (Å²) in [5, 5.41) is 10.7. The van der Waals surface area contributed by atoms with Gasteiger partial charge in [0, 0.05) is 19.3 Å². The molecule has 21 heavy (non-hydrogen) atoms. The molecule has 1 N–H and O–H groups in total. The summed E-state index contributed by atoms with van der Waals surface area (Å²) >= 11 is 10.5. The van der Waals surface area contributed by atoms with E-state index in [1.54, 1.807) is 0 Å². The lowest BCUT2D eigenvalue weighted by molar-refractivity contribution is 0.129. The van der Waals surface area contributed by atoms with E-state index in [1.165, 1.54) is 5.56 Å². The molecular formula is C17H13Br3O. The largest absolute Gasteiger partial charge is 0.388 e. The lowest BCUT2D eigenvalue weighted by Crippen LogP contribution is -2.17. The fraction of sp³-hybridized carbons (Fsp3) is 0.176. The van der Waals surface area contributed by atoms with E-state index in [1.807, 2.05) is 24.3 Å². The molecule has 0 spiro atoms. The molecular weight excluding hydrogens is 460 g/mol. The van der Waals surface area contributed by atoms with Gasteiger partial charge in [0.1, 0.15) is 0 Å². The van der Waals surface area contributed by atoms with Crippen LogP contribution in [-0.4, -0.2) is 5.11 Å². The molecule has 0 fully saturated rings. The van der Waals surface area contributed by atoms with Crippen LogP contribution in [0.3, 0.4) is 0 Å². The predicted molar refractivity (Wildman–Crippen MR) is 97.2 cm³/mol. The zero-order valence-corrected chi connectivity index (χ0v) is 15.8. The second-order valence-electron chi connectivity index (χ2n) is 5.19. The number of benzene rings is 2. The fourth-order valence-corrected chi connectivity index (χ4v) is 3.60. The van der Waals surface area contributed by atoms with Crippen molar-refractivity contribution in [2.45, 2.75) is 12.5 Å². The summed E-state index contributed by atoms with van der Waals surface area (Å²) in [6.45, 7) is 0. The van der Waals surface area contributed by atoms with Crippen molar-refractivity contribution < 1.29 is 5.11 Å². The van der Waals surface area contributed by atoms with Crippen molar-refractivity contribution in [2.75, 3.05) is 0 Å². The third kappa shape index (κ3) is 3.34. The first-order valence-corrected chi connectivity index (χ1v) is 9.02. The van der Waals surface area contributed by atoms with Gasteiger partial charge >= 0.3 is 0 Å². The van der Waals surface area contributed by atoms with Crippen LogP contribution in [0.4, 0.5) is 0 Å². The SMILES string of the molecule is O[C@@H]1c2cc(Br)c(Br)cc2C=C[C@@H]1Cc1ccc(Br)cc1. The first kappa shape index (κ1) is 15.5. The molecule has 0 bridgehead atoms. The summed E-state index contributed by atoms with van der Waals surface area (Å²) in [7, 11) is 0. The molecule has 0 aliphatic heterocycles. The average Bonchev–Trinajstić information content (AvgIpc) is 2.47. The molecule has 2 atom stereocenters. The van der Waals surface area contributed by atoms with Crippen LogP contribution in [0.5, 0.6) is 0 Å². The second-order valence-corrected chi connectivity index (χ2v) is 7.82. The van der Waals surface area contributed by atoms with Crippen LogP contribution in [0.1, 0.15) is 22.8 Å². The number of aliphatic hydroxyl groups excluding tert-OH is 1. The zero-order valence-electron chi connectivity index (χ0n) is 11.1. The maximum absolute atomic E-state index is 10.7. The summed E-state index contributed by atoms with van der Waals surface area (Å²) in [5.74, 6) is 0.103. The Morgan fingerprint density at radius 2 is 1.62 bits per heavy atom. The van der Waals surface area contributed by atoms with Gasteiger partial charge in [0.2, 0.25) is 0 Å². The highest BCUT2D eigenvalue weighted by atomic mass is 79.9. The van der Waals surface area contributed by atoms with E-state index in [0.717, 1.165) is 31.0 Å². The maximum Gasteiger partial charge on any atom is 0.0862 e. The highest BCUT2D eigenvalue weighted by molar-refractivity contribution is 9.13. The van der Waals surface area contributed by atoms with Gasteiger partial charge in [0.25, 0.3) is 0 Å². The highest BCUT2D eigenvalue weighted by Crippen LogP contribution is 2.38. The van der Waals surface area contributed by atoms with Gasteiger partial charge in [-0.1, -0.05) is 40.2 Å². The molecule has 0 saturated carbocycles. The smallest absolute Gasteiger partial charge is 0.0862 e. The number of hydrogen-bond donors (Lipinski definition) is 1. The summed E-state index contributed by atoms with van der Waals surface area (Å²) in [6, 6.07) is 12.3. The molecule has 2 aromatic rings. The normalized spacial score (nSPS) is 20.4. The Bertz CT molecular complexity index is 692. The topological polar surface area (TPSA) is 20.2 Å². The lowest BCUT2D eigenvalue weighted by atomic mass is 9.83. The number of halogens is 3. The van der Waals surface area contributed by atoms with Gasteiger partial charge in [0.15, 0.2) is 0 Å². The van der Waals surface area contributed by atoms with E-state index in [2.05, 4.69) is 72.1 Å². The molecule has 3 rings (SSSR count). The summed E-state index contributed by atoms with van der Waals surface area (Å²) < 4.78 is 3.05. The lowest BCUT2D eigenvalue weighted by Gasteiger charge is -2.26. The summed E-state index contributed by atoms with van der Waals surface area (Å²) in [4.78, 5) is 0. The van der Waals surface area contributed by atoms with E-state index >= 15 is 0 Å². The minimum Gasteiger partial charge on any atom is -0.388 e. The Labute approximate surface area is 149 Å². The minimum atomic E-state index is -0.474. The molecule has 1 nitrogen and oxygen atoms in total. The zero-order chi connectivity index (χ0) is 15.0. The highest BCUT2D eigenvalue weighted by Gasteiger charge is 2.25. The Kier molecular flexibility index (Phi) is 4.69. The van der Waals surface area contributed by atoms with Crippen molar-refractivity contribution in [3.63, 3.8) is 0 Å². The number of rotatable bonds is 2. The summed E-state index contributed by atoms with van der Waals surface area (Å²) in [5.41, 5.74) is 3.28. The van der Waals surface area contributed by atoms with Gasteiger partial charge in [-0.15, -0.1) is 0 Å². The molecule has 0 saturated heterocycles. The third-order valence-electron chi connectivity index (χ3n) is 3.76. The molecule has 0 amide bonds. The quantitative estimate of drug-likeness (QED) is 0.577. The molecule has 4 heteroatoms. The molecule has 0 heterocycles. The van der Waals surface area contributed by atoms with Gasteiger partial charge in [-0.3, -0.25) is 0 Å². The van der Waals surface area contributed by atoms with E-state index in [0.29, 0.717) is 0 Å². The van der Waals surface area contributed by atoms with Gasteiger partial charge in [-0.05, 0) is 79.2 Å². The number of aliphatic hydroxyl groups is 1. The van der Waals surface area contributed by atoms with Crippen LogP contribution >= 0.6 is 47.8 Å². The fourth-order valence-electron chi connectivity index (χ4n) is 2.61. The molecule has 1 aliphatic carbocycles. The standard InChI is InChI=1S/C17H13Br3O/c18-13-5-1-10(2-6-13)7-12-4-3-11-8-15(19)16(20)9-14(11)17(12)21/h1-6,8-9,12,17,21H,7H2/t12-,17+/m1/s1. The maximum atomic E-state index is 10.7. The van der Waals surface area contributed by atoms with Crippen molar-refractivity contribution in [3.05, 3.63) is 72.6 Å². The second kappa shape index (κ2) is 6.37. The number of hydrogen-bond acceptors (Lipinski definition) is 1. The van der Waals surface area contributed by atoms with Crippen LogP contribution in [0, 0.1) is 5.92 Å². The van der Waals surface area contributed by atoms with Crippen molar-refractivity contribution in [2.24, 2.45) is 5.92 Å². The minimum absolute atomic E-state index is 0.103. The molecule has 0 aromatic heterocycles. The van der Waals surface area contributed by atoms with Crippen LogP contribution in [0.15, 0.2) is 55.9 Å². The summed E-state index contributed by atoms with van der Waals surface area (Å²) in [6.07, 6.45) is 4.56. The average molecular weight is 473 g/mol. The van der Waals surface area contributed by atoms with Crippen molar-refractivity contribution in [1.82, 2.24) is 0 Å². The van der Waals surface area contributed by atoms with Crippen LogP contribution in [0.25, 0.3) is 6.08 Å². The van der Waals surface area contributed by atoms with Gasteiger partial charge in [0.05, 0.1) is 6.10 Å². The third-order valence-corrected chi connectivity index (χ3v) is 6.13. The molecule has 0 radical (unpaired) electrons. The monoisotopic (exact) mass is 470 g/mol. The Hall–Kier alpha value is -0.420. The Morgan fingerprint density at radius 3 is 2.33 bits per heavy atom. The van der Waals surface area contributed by atoms with Crippen LogP contribution in [0.2, 0.25) is 0 Å². The first-order valence-electron chi connectivity index (χ1n) is 6.64. The van der Waals surface area contributed by atoms with Gasteiger partial charge in [-0.2, -0.15) is 0 Å². The molecule has 108 valence electrons. The Balaban J connectivity index is 1.87. The van der Waals surface area contributed by atoms with Crippen LogP contribution in [-0.2, 0) is 6.42 Å². The van der Waals surface area contributed by atoms with E-state index in [4.69, 9.17) is 0 Å². The molecule has 0 unspecified atom stereocenters. The van der Waals surface area contributed by atoms with Crippen molar-refractivity contribution >= 4 is 53.9 Å². The van der Waals surface area contributed by atoms with Gasteiger partial charge in [-0.25, -0.2) is 0 Å². The van der Waals surface area contributed by atoms with E-state index in [9.17, 15) is 5.11 Å². The van der Waals surface area contributed by atoms with E-state index in [-0.39, 0.29) is 5.92 Å². The molecule has 2 aromatic carbocycles. The van der Waals surface area contributed by atoms with E-state index < -0.39 is 6.10 Å². The van der Waals surface area contributed by atoms with Crippen LogP contribution < -0.4 is 0 Å². The van der Waals surface area contributed by atoms with Gasteiger partial charge < -0.3 is 5.11 Å². The van der Waals surface area contributed by atoms with Crippen molar-refractivity contribution in [3.8, 4) is 0 Å².